The van der Waals surface area contributed by atoms with E-state index in [9.17, 15) is 19.5 Å². The van der Waals surface area contributed by atoms with Gasteiger partial charge in [0.25, 0.3) is 11.8 Å². The van der Waals surface area contributed by atoms with Gasteiger partial charge < -0.3 is 15.3 Å². The number of aromatic nitrogens is 3. The predicted molar refractivity (Wildman–Crippen MR) is 124 cm³/mol. The molecule has 0 bridgehead atoms. The van der Waals surface area contributed by atoms with Gasteiger partial charge in [-0.2, -0.15) is 10.3 Å². The fourth-order valence-electron chi connectivity index (χ4n) is 3.21. The molecule has 4 rings (SSSR count). The average Bonchev–Trinajstić information content (AvgIpc) is 3.33. The van der Waals surface area contributed by atoms with Crippen molar-refractivity contribution in [1.29, 1.82) is 0 Å². The summed E-state index contributed by atoms with van der Waals surface area (Å²) in [5.41, 5.74) is 0.690. The Bertz CT molecular complexity index is 1010. The van der Waals surface area contributed by atoms with Crippen LogP contribution in [0.3, 0.4) is 0 Å². The van der Waals surface area contributed by atoms with Gasteiger partial charge in [0.1, 0.15) is 29.2 Å². The molecule has 11 nitrogen and oxygen atoms in total. The van der Waals surface area contributed by atoms with E-state index in [0.717, 1.165) is 11.5 Å². The van der Waals surface area contributed by atoms with Crippen LogP contribution < -0.4 is 5.32 Å². The Kier molecular flexibility index (Phi) is 7.37. The number of aliphatic carboxylic acids is 1. The van der Waals surface area contributed by atoms with Crippen molar-refractivity contribution < 1.29 is 24.3 Å². The van der Waals surface area contributed by atoms with Gasteiger partial charge >= 0.3 is 5.97 Å². The van der Waals surface area contributed by atoms with Crippen LogP contribution in [0, 0.1) is 0 Å². The minimum Gasteiger partial charge on any atom is -0.477 e. The van der Waals surface area contributed by atoms with Crippen molar-refractivity contribution in [3.63, 3.8) is 0 Å². The van der Waals surface area contributed by atoms with Crippen molar-refractivity contribution in [1.82, 2.24) is 25.6 Å². The van der Waals surface area contributed by atoms with Crippen molar-refractivity contribution in [3.05, 3.63) is 27.8 Å². The van der Waals surface area contributed by atoms with E-state index in [-0.39, 0.29) is 11.4 Å². The summed E-state index contributed by atoms with van der Waals surface area (Å²) in [5.74, 6) is 0.391. The first-order valence-electron chi connectivity index (χ1n) is 9.26. The molecule has 0 spiro atoms. The number of hydrogen-bond acceptors (Lipinski definition) is 11. The number of aromatic amines is 1. The lowest BCUT2D eigenvalue weighted by molar-refractivity contribution is -0.150. The normalized spacial score (nSPS) is 23.3. The van der Waals surface area contributed by atoms with Crippen molar-refractivity contribution in [3.8, 4) is 0 Å². The molecule has 0 aromatic carbocycles. The second-order valence-corrected chi connectivity index (χ2v) is 10.8. The van der Waals surface area contributed by atoms with Crippen LogP contribution in [0.1, 0.15) is 0 Å². The molecule has 15 heteroatoms. The first kappa shape index (κ1) is 23.1. The maximum Gasteiger partial charge on any atom is 0.352 e. The topological polar surface area (TPSA) is 150 Å². The first-order valence-corrected chi connectivity index (χ1v) is 13.3. The highest BCUT2D eigenvalue weighted by molar-refractivity contribution is 8.10. The molecule has 4 heterocycles. The molecule has 3 aliphatic rings. The highest BCUT2D eigenvalue weighted by atomic mass is 32.2. The number of H-pyrrole nitrogens is 1. The summed E-state index contributed by atoms with van der Waals surface area (Å²) in [5, 5.41) is 28.5. The molecule has 2 atom stereocenters. The van der Waals surface area contributed by atoms with Crippen molar-refractivity contribution in [2.45, 2.75) is 16.4 Å². The minimum atomic E-state index is -1.17. The number of rotatable bonds is 8. The first-order chi connectivity index (χ1) is 15.5. The zero-order valence-corrected chi connectivity index (χ0v) is 19.9. The quantitative estimate of drug-likeness (QED) is 0.197. The van der Waals surface area contributed by atoms with Gasteiger partial charge in [-0.25, -0.2) is 4.79 Å². The number of carboxylic acids is 1. The molecule has 1 aromatic rings. The van der Waals surface area contributed by atoms with Gasteiger partial charge in [0, 0.05) is 27.9 Å². The third-order valence-corrected chi connectivity index (χ3v) is 9.21. The van der Waals surface area contributed by atoms with Crippen LogP contribution in [0.25, 0.3) is 0 Å². The molecule has 1 aromatic heterocycles. The summed E-state index contributed by atoms with van der Waals surface area (Å²) in [7, 11) is 1.35. The molecule has 0 saturated carbocycles. The van der Waals surface area contributed by atoms with Crippen molar-refractivity contribution >= 4 is 70.5 Å². The third-order valence-electron chi connectivity index (χ3n) is 4.60. The van der Waals surface area contributed by atoms with Gasteiger partial charge in [-0.05, 0) is 11.0 Å². The smallest absolute Gasteiger partial charge is 0.352 e. The van der Waals surface area contributed by atoms with Crippen LogP contribution in [-0.2, 0) is 19.2 Å². The molecule has 32 heavy (non-hydrogen) atoms. The van der Waals surface area contributed by atoms with Gasteiger partial charge in [0.2, 0.25) is 0 Å². The Labute approximate surface area is 199 Å². The molecule has 0 aliphatic carbocycles. The van der Waals surface area contributed by atoms with E-state index in [2.05, 4.69) is 25.9 Å². The maximum absolute atomic E-state index is 12.9. The summed E-state index contributed by atoms with van der Waals surface area (Å²) in [6, 6.07) is -0.838. The van der Waals surface area contributed by atoms with Crippen LogP contribution in [0.5, 0.6) is 0 Å². The monoisotopic (exact) mass is 514 g/mol. The van der Waals surface area contributed by atoms with Crippen molar-refractivity contribution in [2.75, 3.05) is 30.1 Å². The number of nitrogens with one attached hydrogen (secondary N) is 2. The fourth-order valence-corrected chi connectivity index (χ4v) is 7.54. The molecule has 2 amide bonds. The number of thioether (sulfide) groups is 4. The second kappa shape index (κ2) is 10.2. The highest BCUT2D eigenvalue weighted by Gasteiger charge is 2.54. The van der Waals surface area contributed by atoms with E-state index in [0.29, 0.717) is 27.0 Å². The molecular formula is C17H18N6O5S4. The summed E-state index contributed by atoms with van der Waals surface area (Å²) in [4.78, 5) is 44.4. The van der Waals surface area contributed by atoms with Crippen LogP contribution in [-0.4, -0.2) is 90.4 Å². The standard InChI is InChI=1S/C17H18N6O5S4/c1-28-21-11(9-7-29-2-3-30-9)14(24)19-12-15(25)23-13(17(26)27)8(6-32-16(12)23)5-31-10-4-18-22-20-10/h4,7,12,16H,2-3,5-6H2,1H3,(H,19,24)(H,26,27)(H,18,20,22)/t12?,16-/m0/s1. The van der Waals surface area contributed by atoms with E-state index in [1.54, 1.807) is 18.0 Å². The molecule has 3 N–H and O–H groups in total. The third kappa shape index (κ3) is 4.65. The zero-order valence-electron chi connectivity index (χ0n) is 16.6. The van der Waals surface area contributed by atoms with Gasteiger partial charge in [0.15, 0.2) is 5.71 Å². The lowest BCUT2D eigenvalue weighted by Crippen LogP contribution is -2.71. The number of β-lactam (4-membered cyclic amide) rings is 1. The van der Waals surface area contributed by atoms with Gasteiger partial charge in [0.05, 0.1) is 6.20 Å². The van der Waals surface area contributed by atoms with E-state index in [4.69, 9.17) is 4.84 Å². The minimum absolute atomic E-state index is 0.0343. The number of amides is 2. The number of oxime groups is 1. The van der Waals surface area contributed by atoms with Gasteiger partial charge in [-0.3, -0.25) is 14.5 Å². The number of hydrogen-bond donors (Lipinski definition) is 3. The number of fused-ring (bicyclic) bond motifs is 1. The molecule has 1 fully saturated rings. The number of carbonyl (C=O) groups excluding carboxylic acids is 2. The van der Waals surface area contributed by atoms with E-state index >= 15 is 0 Å². The Hall–Kier alpha value is -2.10. The van der Waals surface area contributed by atoms with Crippen LogP contribution >= 0.6 is 47.0 Å². The molecule has 3 aliphatic heterocycles. The van der Waals surface area contributed by atoms with E-state index < -0.39 is 29.2 Å². The molecule has 1 saturated heterocycles. The summed E-state index contributed by atoms with van der Waals surface area (Å²) in [6.07, 6.45) is 1.54. The number of carboxylic acid groups (broad SMARTS) is 1. The Morgan fingerprint density at radius 3 is 2.97 bits per heavy atom. The van der Waals surface area contributed by atoms with Gasteiger partial charge in [-0.15, -0.1) is 40.4 Å². The van der Waals surface area contributed by atoms with Crippen LogP contribution in [0.15, 0.2) is 38.0 Å². The Morgan fingerprint density at radius 1 is 1.47 bits per heavy atom. The Balaban J connectivity index is 1.47. The largest absolute Gasteiger partial charge is 0.477 e. The zero-order chi connectivity index (χ0) is 22.7. The Morgan fingerprint density at radius 2 is 2.31 bits per heavy atom. The molecule has 170 valence electrons. The molecule has 0 radical (unpaired) electrons. The summed E-state index contributed by atoms with van der Waals surface area (Å²) >= 11 is 5.81. The van der Waals surface area contributed by atoms with Crippen LogP contribution in [0.4, 0.5) is 0 Å². The number of nitrogens with zero attached hydrogens (tertiary/aromatic N) is 4. The van der Waals surface area contributed by atoms with E-state index in [1.165, 1.54) is 47.3 Å². The summed E-state index contributed by atoms with van der Waals surface area (Å²) in [6.45, 7) is 0. The summed E-state index contributed by atoms with van der Waals surface area (Å²) < 4.78 is 0. The fraction of sp³-hybridized carbons (Fsp3) is 0.412. The maximum atomic E-state index is 12.9. The highest BCUT2D eigenvalue weighted by Crippen LogP contribution is 2.41. The van der Waals surface area contributed by atoms with Gasteiger partial charge in [-0.1, -0.05) is 16.9 Å². The molecule has 1 unspecified atom stereocenters. The lowest BCUT2D eigenvalue weighted by Gasteiger charge is -2.49. The predicted octanol–water partition coefficient (Wildman–Crippen LogP) is 0.959. The molecular weight excluding hydrogens is 496 g/mol. The SMILES string of the molecule is CON=C(C(=O)NC1C(=O)N2C(C(=O)O)=C(CSc3cn[nH]n3)CS[C@@H]12)C1=CSCCS1. The average molecular weight is 515 g/mol. The van der Waals surface area contributed by atoms with Crippen molar-refractivity contribution in [2.24, 2.45) is 5.16 Å². The lowest BCUT2D eigenvalue weighted by atomic mass is 10.0. The van der Waals surface area contributed by atoms with Crippen LogP contribution in [0.2, 0.25) is 0 Å². The number of carbonyl (C=O) groups is 3. The second-order valence-electron chi connectivity index (χ2n) is 6.54. The van der Waals surface area contributed by atoms with E-state index in [1.807, 2.05) is 5.41 Å².